The van der Waals surface area contributed by atoms with Gasteiger partial charge in [-0.3, -0.25) is 4.72 Å². The van der Waals surface area contributed by atoms with Gasteiger partial charge in [-0.05, 0) is 61.0 Å². The first-order valence-electron chi connectivity index (χ1n) is 10.7. The molecule has 1 N–H and O–H groups in total. The van der Waals surface area contributed by atoms with Gasteiger partial charge in [0.25, 0.3) is 10.0 Å². The molecule has 2 aromatic heterocycles. The van der Waals surface area contributed by atoms with E-state index in [-0.39, 0.29) is 22.0 Å². The summed E-state index contributed by atoms with van der Waals surface area (Å²) in [5, 5.41) is -0.292. The van der Waals surface area contributed by atoms with Crippen LogP contribution in [0.1, 0.15) is 11.1 Å². The van der Waals surface area contributed by atoms with Gasteiger partial charge in [0.15, 0.2) is 5.03 Å². The molecule has 0 unspecified atom stereocenters. The minimum absolute atomic E-state index is 0.0182. The van der Waals surface area contributed by atoms with E-state index in [1.165, 1.54) is 19.1 Å². The second-order valence-corrected chi connectivity index (χ2v) is 9.93. The molecule has 35 heavy (non-hydrogen) atoms. The van der Waals surface area contributed by atoms with Crippen LogP contribution in [0.5, 0.6) is 0 Å². The summed E-state index contributed by atoms with van der Waals surface area (Å²) in [6.45, 7) is 4.49. The van der Waals surface area contributed by atoms with Crippen LogP contribution >= 0.6 is 0 Å². The molecule has 0 radical (unpaired) electrons. The van der Waals surface area contributed by atoms with E-state index < -0.39 is 27.6 Å². The third kappa shape index (κ3) is 5.54. The number of aryl methyl sites for hydroxylation is 1. The van der Waals surface area contributed by atoms with Crippen molar-refractivity contribution in [2.75, 3.05) is 42.8 Å². The molecule has 0 atom stereocenters. The molecule has 0 aliphatic carbocycles. The Balaban J connectivity index is 1.69. The van der Waals surface area contributed by atoms with Crippen molar-refractivity contribution in [2.24, 2.45) is 0 Å². The van der Waals surface area contributed by atoms with Gasteiger partial charge in [0, 0.05) is 32.4 Å². The maximum Gasteiger partial charge on any atom is 0.418 e. The standard InChI is InChI=1S/C23H23F4N5O2S/c1-15-6-7-16(24)12-17(15)18-13-20(28-14-19(18)23(25,26)27)30-35(33,34)22-5-3-4-21(29-22)32-10-8-31(2)9-11-32/h3-7,12-14H,8-11H2,1-2H3,(H,28,30). The summed E-state index contributed by atoms with van der Waals surface area (Å²) in [5.41, 5.74) is -1.13. The number of anilines is 2. The molecule has 3 aromatic rings. The van der Waals surface area contributed by atoms with Gasteiger partial charge in [-0.25, -0.2) is 14.4 Å². The number of pyridine rings is 2. The van der Waals surface area contributed by atoms with Crippen LogP contribution in [0.3, 0.4) is 0 Å². The molecule has 0 amide bonds. The minimum atomic E-state index is -4.78. The average molecular weight is 510 g/mol. The summed E-state index contributed by atoms with van der Waals surface area (Å²) in [7, 11) is -2.27. The molecule has 186 valence electrons. The Morgan fingerprint density at radius 1 is 1.00 bits per heavy atom. The van der Waals surface area contributed by atoms with E-state index in [1.807, 2.05) is 11.9 Å². The maximum atomic E-state index is 13.8. The third-order valence-electron chi connectivity index (χ3n) is 5.75. The quantitative estimate of drug-likeness (QED) is 0.521. The lowest BCUT2D eigenvalue weighted by Gasteiger charge is -2.33. The zero-order valence-corrected chi connectivity index (χ0v) is 19.8. The maximum absolute atomic E-state index is 13.8. The summed E-state index contributed by atoms with van der Waals surface area (Å²) < 4.78 is 83.1. The molecule has 3 heterocycles. The number of halogens is 4. The van der Waals surface area contributed by atoms with Crippen molar-refractivity contribution in [2.45, 2.75) is 18.1 Å². The molecular weight excluding hydrogens is 486 g/mol. The second-order valence-electron chi connectivity index (χ2n) is 8.30. The van der Waals surface area contributed by atoms with E-state index >= 15 is 0 Å². The first kappa shape index (κ1) is 24.9. The van der Waals surface area contributed by atoms with Gasteiger partial charge >= 0.3 is 6.18 Å². The Labute approximate surface area is 200 Å². The highest BCUT2D eigenvalue weighted by molar-refractivity contribution is 7.92. The Bertz CT molecular complexity index is 1340. The molecule has 0 bridgehead atoms. The van der Waals surface area contributed by atoms with Crippen LogP contribution in [0, 0.1) is 12.7 Å². The molecule has 0 spiro atoms. The fourth-order valence-electron chi connectivity index (χ4n) is 3.80. The van der Waals surface area contributed by atoms with E-state index in [4.69, 9.17) is 0 Å². The zero-order valence-electron chi connectivity index (χ0n) is 19.0. The first-order valence-corrected chi connectivity index (χ1v) is 12.2. The van der Waals surface area contributed by atoms with Crippen LogP contribution in [0.25, 0.3) is 11.1 Å². The SMILES string of the molecule is Cc1ccc(F)cc1-c1cc(NS(=O)(=O)c2cccc(N3CCN(C)CC3)n2)ncc1C(F)(F)F. The predicted molar refractivity (Wildman–Crippen MR) is 124 cm³/mol. The van der Waals surface area contributed by atoms with Gasteiger partial charge in [0.05, 0.1) is 5.56 Å². The lowest BCUT2D eigenvalue weighted by molar-refractivity contribution is -0.137. The van der Waals surface area contributed by atoms with Crippen molar-refractivity contribution in [1.82, 2.24) is 14.9 Å². The highest BCUT2D eigenvalue weighted by Crippen LogP contribution is 2.39. The normalized spacial score (nSPS) is 15.3. The van der Waals surface area contributed by atoms with Gasteiger partial charge in [-0.1, -0.05) is 12.1 Å². The zero-order chi connectivity index (χ0) is 25.4. The molecule has 1 fully saturated rings. The van der Waals surface area contributed by atoms with Crippen molar-refractivity contribution >= 4 is 21.7 Å². The monoisotopic (exact) mass is 509 g/mol. The first-order chi connectivity index (χ1) is 16.4. The summed E-state index contributed by atoms with van der Waals surface area (Å²) in [6.07, 6.45) is -4.25. The van der Waals surface area contributed by atoms with Gasteiger partial charge in [0.2, 0.25) is 0 Å². The molecule has 7 nitrogen and oxygen atoms in total. The Hall–Kier alpha value is -3.25. The number of piperazine rings is 1. The van der Waals surface area contributed by atoms with E-state index in [9.17, 15) is 26.0 Å². The Morgan fingerprint density at radius 2 is 1.71 bits per heavy atom. The van der Waals surface area contributed by atoms with E-state index in [0.717, 1.165) is 31.3 Å². The van der Waals surface area contributed by atoms with Crippen molar-refractivity contribution < 1.29 is 26.0 Å². The Kier molecular flexibility index (Phi) is 6.69. The smallest absolute Gasteiger partial charge is 0.354 e. The molecule has 1 saturated heterocycles. The van der Waals surface area contributed by atoms with Gasteiger partial charge in [-0.2, -0.15) is 21.6 Å². The number of sulfonamides is 1. The van der Waals surface area contributed by atoms with Crippen LogP contribution < -0.4 is 9.62 Å². The molecule has 0 saturated carbocycles. The second kappa shape index (κ2) is 9.42. The highest BCUT2D eigenvalue weighted by Gasteiger charge is 2.35. The molecule has 1 aliphatic rings. The summed E-state index contributed by atoms with van der Waals surface area (Å²) >= 11 is 0. The number of nitrogens with one attached hydrogen (secondary N) is 1. The van der Waals surface area contributed by atoms with Crippen molar-refractivity contribution in [3.8, 4) is 11.1 Å². The molecular formula is C23H23F4N5O2S. The van der Waals surface area contributed by atoms with E-state index in [2.05, 4.69) is 19.6 Å². The number of rotatable bonds is 5. The van der Waals surface area contributed by atoms with E-state index in [0.29, 0.717) is 30.7 Å². The molecule has 1 aromatic carbocycles. The number of likely N-dealkylation sites (N-methyl/N-ethyl adjacent to an activating group) is 1. The highest BCUT2D eigenvalue weighted by atomic mass is 32.2. The largest absolute Gasteiger partial charge is 0.418 e. The molecule has 1 aliphatic heterocycles. The minimum Gasteiger partial charge on any atom is -0.354 e. The van der Waals surface area contributed by atoms with Gasteiger partial charge in [-0.15, -0.1) is 0 Å². The number of hydrogen-bond donors (Lipinski definition) is 1. The number of aromatic nitrogens is 2. The van der Waals surface area contributed by atoms with Gasteiger partial charge < -0.3 is 9.80 Å². The average Bonchev–Trinajstić information content (AvgIpc) is 2.80. The van der Waals surface area contributed by atoms with E-state index in [1.54, 1.807) is 12.1 Å². The summed E-state index contributed by atoms with van der Waals surface area (Å²) in [6, 6.07) is 8.95. The van der Waals surface area contributed by atoms with Crippen molar-refractivity contribution in [3.05, 3.63) is 65.6 Å². The third-order valence-corrected chi connectivity index (χ3v) is 7.01. The summed E-state index contributed by atoms with van der Waals surface area (Å²) in [4.78, 5) is 12.0. The lowest BCUT2D eigenvalue weighted by atomic mass is 9.97. The van der Waals surface area contributed by atoms with Crippen molar-refractivity contribution in [1.29, 1.82) is 0 Å². The van der Waals surface area contributed by atoms with Crippen molar-refractivity contribution in [3.63, 3.8) is 0 Å². The fourth-order valence-corrected chi connectivity index (χ4v) is 4.76. The molecule has 4 rings (SSSR count). The number of hydrogen-bond acceptors (Lipinski definition) is 6. The summed E-state index contributed by atoms with van der Waals surface area (Å²) in [5.74, 6) is -0.580. The van der Waals surface area contributed by atoms with Crippen LogP contribution in [0.2, 0.25) is 0 Å². The Morgan fingerprint density at radius 3 is 2.40 bits per heavy atom. The topological polar surface area (TPSA) is 78.4 Å². The van der Waals surface area contributed by atoms with Crippen LogP contribution in [-0.2, 0) is 16.2 Å². The number of alkyl halides is 3. The van der Waals surface area contributed by atoms with Gasteiger partial charge in [0.1, 0.15) is 17.5 Å². The predicted octanol–water partition coefficient (Wildman–Crippen LogP) is 4.16. The fraction of sp³-hybridized carbons (Fsp3) is 0.304. The van der Waals surface area contributed by atoms with Crippen LogP contribution in [0.15, 0.2) is 53.7 Å². The molecule has 12 heteroatoms. The number of benzene rings is 1. The lowest BCUT2D eigenvalue weighted by Crippen LogP contribution is -2.44. The van der Waals surface area contributed by atoms with Crippen LogP contribution in [-0.4, -0.2) is 56.5 Å². The van der Waals surface area contributed by atoms with Crippen LogP contribution in [0.4, 0.5) is 29.2 Å². The number of nitrogens with zero attached hydrogens (tertiary/aromatic N) is 4.